The fourth-order valence-corrected chi connectivity index (χ4v) is 12.3. The van der Waals surface area contributed by atoms with Crippen molar-refractivity contribution in [3.05, 3.63) is 65.7 Å². The highest BCUT2D eigenvalue weighted by Gasteiger charge is 2.40. The third-order valence-corrected chi connectivity index (χ3v) is 18.6. The van der Waals surface area contributed by atoms with Crippen LogP contribution in [0.5, 0.6) is 5.75 Å². The molecule has 38 heteroatoms. The Morgan fingerprint density at radius 3 is 1.89 bits per heavy atom. The summed E-state index contributed by atoms with van der Waals surface area (Å²) in [5.41, 5.74) is 28.6. The minimum Gasteiger partial charge on any atom is -0.508 e. The Balaban J connectivity index is 1.22. The number of carbonyl (C=O) groups excluding carboxylic acids is 13. The van der Waals surface area contributed by atoms with Crippen molar-refractivity contribution >= 4 is 100 Å². The van der Waals surface area contributed by atoms with Gasteiger partial charge in [-0.25, -0.2) is 0 Å². The number of nitrogens with one attached hydrogen (secondary N) is 15. The minimum absolute atomic E-state index is 0.00239. The number of carboxylic acid groups (broad SMARTS) is 1. The number of thioether (sulfide) groups is 1. The second-order valence-electron chi connectivity index (χ2n) is 26.4. The molecule has 2 aromatic rings. The van der Waals surface area contributed by atoms with Gasteiger partial charge in [-0.2, -0.15) is 0 Å². The first kappa shape index (κ1) is 88.8. The van der Waals surface area contributed by atoms with Crippen LogP contribution in [0.25, 0.3) is 0 Å². The Bertz CT molecular complexity index is 3290. The molecule has 106 heavy (non-hydrogen) atoms. The second kappa shape index (κ2) is 47.1. The number of nitrogens with zero attached hydrogens (tertiary/aromatic N) is 1. The average Bonchev–Trinajstić information content (AvgIpc) is 1.66. The van der Waals surface area contributed by atoms with E-state index in [1.165, 1.54) is 12.1 Å². The van der Waals surface area contributed by atoms with Crippen LogP contribution in [0.15, 0.2) is 54.6 Å². The van der Waals surface area contributed by atoms with Crippen molar-refractivity contribution in [2.75, 3.05) is 84.3 Å². The van der Waals surface area contributed by atoms with E-state index in [1.807, 2.05) is 6.92 Å². The number of carbonyl (C=O) groups is 14. The number of hydrogen-bond acceptors (Lipinski definition) is 23. The highest BCUT2D eigenvalue weighted by atomic mass is 32.2. The van der Waals surface area contributed by atoms with E-state index in [0.29, 0.717) is 69.7 Å². The molecule has 8 unspecified atom stereocenters. The first-order chi connectivity index (χ1) is 50.5. The SMILES string of the molecule is CC(CN)(CNCCN)NCCNC(C)(CN)NC(=O)CCCC(=O)NC(Cc1ccc(O)cc1)C(=O)NCCCCCC(=O)NC(CSC1CC(=O)N(CCC(=O)NCCCCC2NC(=O)[C@@H](Cc3ccccc3)NC(=O)C(CC(=O)O)NC(=O)CNC(=O)C(CCCNC(=N)N)NC2=O)C1=O)C(N)=O. The van der Waals surface area contributed by atoms with E-state index in [-0.39, 0.29) is 145 Å². The van der Waals surface area contributed by atoms with E-state index in [1.54, 1.807) is 49.4 Å². The Morgan fingerprint density at radius 1 is 0.623 bits per heavy atom. The zero-order chi connectivity index (χ0) is 78.2. The van der Waals surface area contributed by atoms with E-state index in [2.05, 4.69) is 74.4 Å². The van der Waals surface area contributed by atoms with Gasteiger partial charge in [-0.3, -0.25) is 82.7 Å². The minimum atomic E-state index is -1.68. The third-order valence-electron chi connectivity index (χ3n) is 17.3. The van der Waals surface area contributed by atoms with E-state index in [4.69, 9.17) is 34.1 Å². The van der Waals surface area contributed by atoms with Gasteiger partial charge in [0.25, 0.3) is 0 Å². The summed E-state index contributed by atoms with van der Waals surface area (Å²) in [6.07, 6.45) is 0.349. The number of rotatable bonds is 47. The quantitative estimate of drug-likeness (QED) is 0.00964. The molecule has 0 aliphatic carbocycles. The van der Waals surface area contributed by atoms with Crippen LogP contribution in [0, 0.1) is 5.41 Å². The van der Waals surface area contributed by atoms with Crippen LogP contribution in [-0.2, 0) is 80.0 Å². The molecule has 0 aromatic heterocycles. The normalized spacial score (nSPS) is 19.0. The molecule has 4 rings (SSSR count). The van der Waals surface area contributed by atoms with Crippen LogP contribution in [0.4, 0.5) is 0 Å². The van der Waals surface area contributed by atoms with E-state index >= 15 is 0 Å². The summed E-state index contributed by atoms with van der Waals surface area (Å²) in [5.74, 6) is -10.8. The van der Waals surface area contributed by atoms with Crippen LogP contribution in [0.1, 0.15) is 121 Å². The molecule has 2 saturated heterocycles. The third kappa shape index (κ3) is 34.1. The molecule has 0 radical (unpaired) electrons. The predicted molar refractivity (Wildman–Crippen MR) is 393 cm³/mol. The maximum absolute atomic E-state index is 14.1. The van der Waals surface area contributed by atoms with Crippen LogP contribution in [0.3, 0.4) is 0 Å². The Hall–Kier alpha value is -9.60. The number of aliphatic carboxylic acids is 1. The number of phenolic OH excluding ortho intramolecular Hbond substituents is 1. The molecule has 27 N–H and O–H groups in total. The van der Waals surface area contributed by atoms with E-state index in [9.17, 15) is 77.3 Å². The molecule has 2 aliphatic heterocycles. The summed E-state index contributed by atoms with van der Waals surface area (Å²) in [5, 5.41) is 64.7. The van der Waals surface area contributed by atoms with E-state index in [0.717, 1.165) is 16.7 Å². The zero-order valence-corrected chi connectivity index (χ0v) is 61.1. The lowest BCUT2D eigenvalue weighted by atomic mass is 10.0. The molecule has 37 nitrogen and oxygen atoms in total. The summed E-state index contributed by atoms with van der Waals surface area (Å²) < 4.78 is 0. The maximum atomic E-state index is 14.1. The van der Waals surface area contributed by atoms with Gasteiger partial charge in [-0.15, -0.1) is 11.8 Å². The Kier molecular flexibility index (Phi) is 39.4. The zero-order valence-electron chi connectivity index (χ0n) is 60.3. The first-order valence-electron chi connectivity index (χ1n) is 35.6. The lowest BCUT2D eigenvalue weighted by Crippen LogP contribution is -2.63. The fraction of sp³-hybridized carbons (Fsp3) is 0.603. The summed E-state index contributed by atoms with van der Waals surface area (Å²) >= 11 is 0.941. The summed E-state index contributed by atoms with van der Waals surface area (Å²) in [4.78, 5) is 186. The Morgan fingerprint density at radius 2 is 1.23 bits per heavy atom. The van der Waals surface area contributed by atoms with Gasteiger partial charge in [0.15, 0.2) is 5.96 Å². The molecule has 0 spiro atoms. The highest BCUT2D eigenvalue weighted by molar-refractivity contribution is 8.00. The molecule has 2 aliphatic rings. The number of unbranched alkanes of at least 4 members (excludes halogenated alkanes) is 3. The fourth-order valence-electron chi connectivity index (χ4n) is 11.1. The molecule has 2 aromatic carbocycles. The molecule has 2 heterocycles. The van der Waals surface area contributed by atoms with Crippen molar-refractivity contribution in [3.8, 4) is 5.75 Å². The van der Waals surface area contributed by atoms with Crippen molar-refractivity contribution in [2.24, 2.45) is 28.7 Å². The van der Waals surface area contributed by atoms with Crippen LogP contribution < -0.4 is 103 Å². The van der Waals surface area contributed by atoms with Crippen molar-refractivity contribution in [1.29, 1.82) is 5.41 Å². The van der Waals surface area contributed by atoms with Crippen LogP contribution in [0.2, 0.25) is 0 Å². The monoisotopic (exact) mass is 1510 g/mol. The van der Waals surface area contributed by atoms with Gasteiger partial charge in [0.05, 0.1) is 18.2 Å². The topological polar surface area (TPSA) is 605 Å². The largest absolute Gasteiger partial charge is 0.508 e. The van der Waals surface area contributed by atoms with Crippen LogP contribution >= 0.6 is 11.8 Å². The molecular weight excluding hydrogens is 1400 g/mol. The number of imide groups is 1. The standard InChI is InChI=1S/C68H109N21O16S/c1-67(39-70,41-75-29-25-69)80-30-31-81-68(2,40-71)88-55(94)19-11-18-54(93)82-47(34-43-20-22-44(90)23-21-43)61(101)77-27-9-4-7-17-53(92)84-50(59(72)99)38-106-51-36-57(96)89(65(51)105)32-24-52(91)76-26-10-8-15-46-62(102)85-45(16-12-28-78-66(73)74)60(100)79-37-56(95)83-49(35-58(97)98)64(104)87-48(63(103)86-46)33-42-13-5-3-6-14-42/h3,5-6,13-14,20-23,45-51,75,80-81,90H,4,7-12,15-19,24-41,69-71H2,1-2H3,(H2,72,99)(H,76,91)(H,77,101)(H,79,100)(H,82,93)(H,83,95)(H,84,92)(H,85,102)(H,86,103)(H,87,104)(H,88,94)(H,97,98)(H4,73,74,78)/t45?,46?,47?,48-,49?,50?,51?,67?,68?/m1/s1. The number of hydrogen-bond donors (Lipinski definition) is 22. The van der Waals surface area contributed by atoms with Crippen molar-refractivity contribution < 1.29 is 77.3 Å². The number of primary amides is 1. The van der Waals surface area contributed by atoms with Gasteiger partial charge in [-0.05, 0) is 88.5 Å². The number of carboxylic acids is 1. The maximum Gasteiger partial charge on any atom is 0.305 e. The van der Waals surface area contributed by atoms with Gasteiger partial charge in [-0.1, -0.05) is 48.9 Å². The number of aromatic hydroxyl groups is 1. The van der Waals surface area contributed by atoms with Gasteiger partial charge >= 0.3 is 5.97 Å². The van der Waals surface area contributed by atoms with E-state index < -0.39 is 137 Å². The summed E-state index contributed by atoms with van der Waals surface area (Å²) in [6.45, 7) is 6.32. The summed E-state index contributed by atoms with van der Waals surface area (Å²) in [7, 11) is 0. The highest BCUT2D eigenvalue weighted by Crippen LogP contribution is 2.26. The molecule has 13 amide bonds. The predicted octanol–water partition coefficient (Wildman–Crippen LogP) is -5.94. The lowest BCUT2D eigenvalue weighted by molar-refractivity contribution is -0.141. The van der Waals surface area contributed by atoms with Crippen molar-refractivity contribution in [3.63, 3.8) is 0 Å². The van der Waals surface area contributed by atoms with Gasteiger partial charge in [0.2, 0.25) is 76.8 Å². The number of likely N-dealkylation sites (tertiary alicyclic amines) is 1. The molecule has 588 valence electrons. The number of benzene rings is 2. The first-order valence-corrected chi connectivity index (χ1v) is 36.6. The number of phenols is 1. The molecule has 0 bridgehead atoms. The lowest BCUT2D eigenvalue weighted by Gasteiger charge is -2.33. The molecule has 2 fully saturated rings. The smallest absolute Gasteiger partial charge is 0.305 e. The Labute approximate surface area is 620 Å². The molecule has 9 atom stereocenters. The number of nitrogens with two attached hydrogens (primary N) is 5. The molecule has 0 saturated carbocycles. The van der Waals surface area contributed by atoms with Gasteiger partial charge < -0.3 is 108 Å². The van der Waals surface area contributed by atoms with Gasteiger partial charge in [0.1, 0.15) is 47.7 Å². The van der Waals surface area contributed by atoms with Gasteiger partial charge in [0, 0.05) is 128 Å². The number of amides is 13. The number of guanidine groups is 1. The average molecular weight is 1510 g/mol. The molecular formula is C68H109N21O16S. The second-order valence-corrected chi connectivity index (χ2v) is 27.7. The van der Waals surface area contributed by atoms with Crippen LogP contribution in [-0.4, -0.2) is 241 Å². The van der Waals surface area contributed by atoms with Crippen molar-refractivity contribution in [2.45, 2.75) is 176 Å². The summed E-state index contributed by atoms with van der Waals surface area (Å²) in [6, 6.07) is 6.64. The van der Waals surface area contributed by atoms with Crippen molar-refractivity contribution in [1.82, 2.24) is 79.3 Å².